The third-order valence-electron chi connectivity index (χ3n) is 3.54. The maximum Gasteiger partial charge on any atom is 0.258 e. The van der Waals surface area contributed by atoms with E-state index in [0.717, 1.165) is 16.4 Å². The van der Waals surface area contributed by atoms with Crippen molar-refractivity contribution in [1.29, 1.82) is 0 Å². The lowest BCUT2D eigenvalue weighted by atomic mass is 10.1. The minimum Gasteiger partial charge on any atom is -0.492 e. The Bertz CT molecular complexity index is 677. The molecule has 6 heteroatoms. The molecule has 0 spiro atoms. The molecule has 0 unspecified atom stereocenters. The Labute approximate surface area is 141 Å². The maximum absolute atomic E-state index is 12.6. The van der Waals surface area contributed by atoms with Crippen LogP contribution in [0.15, 0.2) is 18.2 Å². The van der Waals surface area contributed by atoms with Crippen LogP contribution in [-0.4, -0.2) is 42.4 Å². The fourth-order valence-electron chi connectivity index (χ4n) is 2.40. The largest absolute Gasteiger partial charge is 0.492 e. The minimum atomic E-state index is -0.0374. The summed E-state index contributed by atoms with van der Waals surface area (Å²) >= 11 is 1.31. The number of anilines is 1. The molecular formula is C17H23N3O2S. The first-order valence-electron chi connectivity index (χ1n) is 7.53. The Morgan fingerprint density at radius 3 is 2.52 bits per heavy atom. The number of nitrogens with zero attached hydrogens (tertiary/aromatic N) is 2. The fourth-order valence-corrected chi connectivity index (χ4v) is 3.14. The number of nitrogens with one attached hydrogen (secondary N) is 1. The summed E-state index contributed by atoms with van der Waals surface area (Å²) < 4.78 is 10.0. The molecule has 0 bridgehead atoms. The molecule has 5 nitrogen and oxygen atoms in total. The molecule has 0 aliphatic rings. The van der Waals surface area contributed by atoms with E-state index in [9.17, 15) is 4.79 Å². The van der Waals surface area contributed by atoms with Crippen LogP contribution in [0.5, 0.6) is 5.75 Å². The number of carbonyl (C=O) groups excluding carboxylic acids is 1. The number of carbonyl (C=O) groups is 1. The maximum atomic E-state index is 12.6. The number of likely N-dealkylation sites (N-methyl/N-ethyl adjacent to an activating group) is 1. The summed E-state index contributed by atoms with van der Waals surface area (Å²) in [5, 5.41) is 3.82. The van der Waals surface area contributed by atoms with Gasteiger partial charge in [-0.05, 0) is 55.6 Å². The first kappa shape index (κ1) is 17.3. The zero-order chi connectivity index (χ0) is 17.0. The number of aromatic nitrogens is 1. The van der Waals surface area contributed by atoms with Gasteiger partial charge in [-0.1, -0.05) is 6.07 Å². The average Bonchev–Trinajstić information content (AvgIpc) is 2.86. The van der Waals surface area contributed by atoms with E-state index in [4.69, 9.17) is 4.74 Å². The number of amides is 1. The molecule has 0 fully saturated rings. The van der Waals surface area contributed by atoms with E-state index in [0.29, 0.717) is 18.7 Å². The van der Waals surface area contributed by atoms with Crippen LogP contribution in [0, 0.1) is 20.8 Å². The highest BCUT2D eigenvalue weighted by Gasteiger charge is 2.20. The molecule has 1 amide bonds. The van der Waals surface area contributed by atoms with Crippen molar-refractivity contribution in [2.75, 3.05) is 32.6 Å². The molecule has 2 aromatic rings. The topological polar surface area (TPSA) is 54.5 Å². The Balaban J connectivity index is 1.95. The average molecular weight is 333 g/mol. The van der Waals surface area contributed by atoms with Crippen LogP contribution in [-0.2, 0) is 0 Å². The molecule has 0 atom stereocenters. The highest BCUT2D eigenvalue weighted by atomic mass is 32.1. The van der Waals surface area contributed by atoms with Gasteiger partial charge in [-0.3, -0.25) is 4.79 Å². The lowest BCUT2D eigenvalue weighted by molar-refractivity contribution is 0.0774. The lowest BCUT2D eigenvalue weighted by Crippen LogP contribution is -2.31. The number of ether oxygens (including phenoxy) is 1. The summed E-state index contributed by atoms with van der Waals surface area (Å²) in [6.07, 6.45) is 0. The highest BCUT2D eigenvalue weighted by molar-refractivity contribution is 7.10. The van der Waals surface area contributed by atoms with E-state index < -0.39 is 0 Å². The number of hydrogen-bond donors (Lipinski definition) is 1. The molecule has 23 heavy (non-hydrogen) atoms. The van der Waals surface area contributed by atoms with E-state index in [1.165, 1.54) is 22.7 Å². The third kappa shape index (κ3) is 4.22. The van der Waals surface area contributed by atoms with Gasteiger partial charge in [0.2, 0.25) is 0 Å². The monoisotopic (exact) mass is 333 g/mol. The van der Waals surface area contributed by atoms with E-state index in [1.54, 1.807) is 19.0 Å². The van der Waals surface area contributed by atoms with Gasteiger partial charge in [-0.15, -0.1) is 0 Å². The quantitative estimate of drug-likeness (QED) is 0.881. The molecule has 0 saturated carbocycles. The van der Waals surface area contributed by atoms with Crippen LogP contribution < -0.4 is 10.1 Å². The van der Waals surface area contributed by atoms with Crippen molar-refractivity contribution >= 4 is 22.4 Å². The smallest absolute Gasteiger partial charge is 0.258 e. The Kier molecular flexibility index (Phi) is 5.60. The van der Waals surface area contributed by atoms with Crippen LogP contribution in [0.4, 0.5) is 5.00 Å². The van der Waals surface area contributed by atoms with E-state index in [-0.39, 0.29) is 5.91 Å². The summed E-state index contributed by atoms with van der Waals surface area (Å²) in [7, 11) is 3.58. The second-order valence-corrected chi connectivity index (χ2v) is 6.39. The first-order valence-corrected chi connectivity index (χ1v) is 8.30. The van der Waals surface area contributed by atoms with Crippen LogP contribution >= 0.6 is 11.5 Å². The molecule has 1 aromatic carbocycles. The standard InChI is InChI=1S/C17H23N3O2S/c1-11-8-12(2)10-14(9-11)22-7-6-20(5)17(21)15-13(3)19-23-16(15)18-4/h8-10,18H,6-7H2,1-5H3. The van der Waals surface area contributed by atoms with Crippen molar-refractivity contribution in [2.45, 2.75) is 20.8 Å². The van der Waals surface area contributed by atoms with E-state index in [1.807, 2.05) is 32.9 Å². The predicted octanol–water partition coefficient (Wildman–Crippen LogP) is 3.26. The van der Waals surface area contributed by atoms with Gasteiger partial charge in [-0.25, -0.2) is 0 Å². The number of hydrogen-bond acceptors (Lipinski definition) is 5. The van der Waals surface area contributed by atoms with Crippen LogP contribution in [0.1, 0.15) is 27.2 Å². The van der Waals surface area contributed by atoms with Gasteiger partial charge >= 0.3 is 0 Å². The van der Waals surface area contributed by atoms with Crippen LogP contribution in [0.25, 0.3) is 0 Å². The molecule has 0 radical (unpaired) electrons. The first-order chi connectivity index (χ1) is 10.9. The van der Waals surface area contributed by atoms with Gasteiger partial charge in [0.25, 0.3) is 5.91 Å². The Hall–Kier alpha value is -2.08. The van der Waals surface area contributed by atoms with E-state index in [2.05, 4.69) is 15.8 Å². The van der Waals surface area contributed by atoms with Gasteiger partial charge in [0.1, 0.15) is 17.4 Å². The Morgan fingerprint density at radius 1 is 1.26 bits per heavy atom. The summed E-state index contributed by atoms with van der Waals surface area (Å²) in [6, 6.07) is 6.11. The number of benzene rings is 1. The molecule has 0 saturated heterocycles. The molecule has 1 heterocycles. The van der Waals surface area contributed by atoms with Crippen molar-refractivity contribution in [2.24, 2.45) is 0 Å². The summed E-state index contributed by atoms with van der Waals surface area (Å²) in [5.41, 5.74) is 3.74. The minimum absolute atomic E-state index is 0.0374. The van der Waals surface area contributed by atoms with Crippen molar-refractivity contribution < 1.29 is 9.53 Å². The van der Waals surface area contributed by atoms with Gasteiger partial charge < -0.3 is 15.0 Å². The second-order valence-electron chi connectivity index (χ2n) is 5.62. The normalized spacial score (nSPS) is 10.5. The summed E-state index contributed by atoms with van der Waals surface area (Å²) in [6.45, 7) is 6.91. The van der Waals surface area contributed by atoms with Gasteiger partial charge in [0.15, 0.2) is 0 Å². The van der Waals surface area contributed by atoms with E-state index >= 15 is 0 Å². The van der Waals surface area contributed by atoms with Gasteiger partial charge in [0, 0.05) is 14.1 Å². The molecule has 0 aliphatic heterocycles. The molecule has 124 valence electrons. The highest BCUT2D eigenvalue weighted by Crippen LogP contribution is 2.25. The molecule has 2 rings (SSSR count). The van der Waals surface area contributed by atoms with Crippen molar-refractivity contribution in [3.63, 3.8) is 0 Å². The SMILES string of the molecule is CNc1snc(C)c1C(=O)N(C)CCOc1cc(C)cc(C)c1. The molecule has 0 aliphatic carbocycles. The zero-order valence-corrected chi connectivity index (χ0v) is 15.1. The van der Waals surface area contributed by atoms with Gasteiger partial charge in [-0.2, -0.15) is 4.37 Å². The molecular weight excluding hydrogens is 310 g/mol. The van der Waals surface area contributed by atoms with Crippen molar-refractivity contribution in [3.8, 4) is 5.75 Å². The zero-order valence-electron chi connectivity index (χ0n) is 14.3. The Morgan fingerprint density at radius 2 is 1.91 bits per heavy atom. The van der Waals surface area contributed by atoms with Crippen LogP contribution in [0.3, 0.4) is 0 Å². The number of aryl methyl sites for hydroxylation is 3. The summed E-state index contributed by atoms with van der Waals surface area (Å²) in [5.74, 6) is 0.803. The number of rotatable bonds is 6. The third-order valence-corrected chi connectivity index (χ3v) is 4.50. The van der Waals surface area contributed by atoms with Crippen molar-refractivity contribution in [1.82, 2.24) is 9.27 Å². The molecule has 1 N–H and O–H groups in total. The van der Waals surface area contributed by atoms with Crippen molar-refractivity contribution in [3.05, 3.63) is 40.6 Å². The lowest BCUT2D eigenvalue weighted by Gasteiger charge is -2.18. The fraction of sp³-hybridized carbons (Fsp3) is 0.412. The summed E-state index contributed by atoms with van der Waals surface area (Å²) in [4.78, 5) is 14.2. The van der Waals surface area contributed by atoms with Gasteiger partial charge in [0.05, 0.1) is 17.8 Å². The molecule has 1 aromatic heterocycles. The van der Waals surface area contributed by atoms with Crippen LogP contribution in [0.2, 0.25) is 0 Å². The predicted molar refractivity (Wildman–Crippen MR) is 94.8 cm³/mol. The second kappa shape index (κ2) is 7.46.